The van der Waals surface area contributed by atoms with Gasteiger partial charge >= 0.3 is 0 Å². The fourth-order valence-electron chi connectivity index (χ4n) is 1.91. The number of benzene rings is 2. The van der Waals surface area contributed by atoms with Gasteiger partial charge in [-0.15, -0.1) is 10.2 Å². The van der Waals surface area contributed by atoms with Crippen LogP contribution in [0.1, 0.15) is 21.7 Å². The number of carbonyl (C=O) groups is 1. The van der Waals surface area contributed by atoms with Crippen LogP contribution in [0.15, 0.2) is 48.5 Å². The molecule has 0 aliphatic heterocycles. The number of ketones is 1. The van der Waals surface area contributed by atoms with Crippen LogP contribution in [0.3, 0.4) is 0 Å². The molecule has 0 spiro atoms. The average Bonchev–Trinajstić information content (AvgIpc) is 2.47. The van der Waals surface area contributed by atoms with Crippen LogP contribution in [0.25, 0.3) is 11.0 Å². The molecule has 92 valence electrons. The minimum atomic E-state index is -0.212. The minimum Gasteiger partial charge on any atom is -0.285 e. The number of aromatic nitrogens is 3. The molecule has 0 unspecified atom stereocenters. The topological polar surface area (TPSA) is 55.7 Å². The molecule has 0 N–H and O–H groups in total. The second-order valence-electron chi connectivity index (χ2n) is 4.27. The van der Waals surface area contributed by atoms with Gasteiger partial charge in [0, 0.05) is 5.56 Å². The monoisotopic (exact) mass is 249 g/mol. The van der Waals surface area contributed by atoms with Crippen LogP contribution in [0.2, 0.25) is 0 Å². The summed E-state index contributed by atoms with van der Waals surface area (Å²) in [7, 11) is 0. The number of rotatable bonds is 2. The molecule has 0 amide bonds. The minimum absolute atomic E-state index is 0.129. The first-order chi connectivity index (χ1) is 9.25. The van der Waals surface area contributed by atoms with E-state index in [1.54, 1.807) is 12.1 Å². The molecule has 1 heterocycles. The normalized spacial score (nSPS) is 10.6. The van der Waals surface area contributed by atoms with Gasteiger partial charge in [0.2, 0.25) is 11.6 Å². The van der Waals surface area contributed by atoms with Crippen molar-refractivity contribution in [3.05, 3.63) is 65.5 Å². The van der Waals surface area contributed by atoms with Gasteiger partial charge in [0.25, 0.3) is 0 Å². The highest BCUT2D eigenvalue weighted by atomic mass is 16.1. The number of hydrogen-bond donors (Lipinski definition) is 0. The van der Waals surface area contributed by atoms with Gasteiger partial charge in [0.15, 0.2) is 0 Å². The summed E-state index contributed by atoms with van der Waals surface area (Å²) in [6.45, 7) is 1.94. The molecule has 0 atom stereocenters. The van der Waals surface area contributed by atoms with Crippen LogP contribution in [-0.2, 0) is 0 Å². The molecule has 1 aromatic heterocycles. The molecule has 0 aliphatic rings. The van der Waals surface area contributed by atoms with Crippen molar-refractivity contribution in [2.75, 3.05) is 0 Å². The van der Waals surface area contributed by atoms with Crippen molar-refractivity contribution in [3.8, 4) is 0 Å². The Hall–Kier alpha value is -2.62. The largest absolute Gasteiger partial charge is 0.285 e. The zero-order chi connectivity index (χ0) is 13.2. The Bertz CT molecular complexity index is 754. The van der Waals surface area contributed by atoms with E-state index in [9.17, 15) is 4.79 Å². The maximum absolute atomic E-state index is 12.2. The molecule has 0 radical (unpaired) electrons. The van der Waals surface area contributed by atoms with E-state index in [2.05, 4.69) is 15.2 Å². The molecular formula is C15H11N3O. The number of hydrogen-bond acceptors (Lipinski definition) is 4. The molecule has 0 fully saturated rings. The Balaban J connectivity index is 2.09. The second kappa shape index (κ2) is 4.57. The fraction of sp³-hybridized carbons (Fsp3) is 0.0667. The van der Waals surface area contributed by atoms with Crippen molar-refractivity contribution in [1.29, 1.82) is 0 Å². The second-order valence-corrected chi connectivity index (χ2v) is 4.27. The first-order valence-electron chi connectivity index (χ1n) is 5.95. The molecular weight excluding hydrogens is 238 g/mol. The van der Waals surface area contributed by atoms with Crippen LogP contribution < -0.4 is 0 Å². The van der Waals surface area contributed by atoms with Crippen LogP contribution in [0, 0.1) is 6.92 Å². The Morgan fingerprint density at radius 3 is 2.53 bits per heavy atom. The quantitative estimate of drug-likeness (QED) is 0.655. The lowest BCUT2D eigenvalue weighted by atomic mass is 10.1. The molecule has 2 aromatic carbocycles. The van der Waals surface area contributed by atoms with E-state index in [1.807, 2.05) is 43.3 Å². The summed E-state index contributed by atoms with van der Waals surface area (Å²) in [5.41, 5.74) is 2.98. The lowest BCUT2D eigenvalue weighted by Crippen LogP contribution is -2.08. The molecule has 3 rings (SSSR count). The van der Waals surface area contributed by atoms with Crippen LogP contribution >= 0.6 is 0 Å². The highest BCUT2D eigenvalue weighted by molar-refractivity contribution is 6.06. The highest BCUT2D eigenvalue weighted by Gasteiger charge is 2.13. The van der Waals surface area contributed by atoms with Gasteiger partial charge in [-0.05, 0) is 18.6 Å². The lowest BCUT2D eigenvalue weighted by molar-refractivity contribution is 0.102. The van der Waals surface area contributed by atoms with Crippen molar-refractivity contribution in [1.82, 2.24) is 15.2 Å². The van der Waals surface area contributed by atoms with Crippen molar-refractivity contribution >= 4 is 16.8 Å². The molecule has 3 aromatic rings. The van der Waals surface area contributed by atoms with Gasteiger partial charge in [0.1, 0.15) is 5.52 Å². The Morgan fingerprint density at radius 2 is 1.74 bits per heavy atom. The molecule has 4 nitrogen and oxygen atoms in total. The molecule has 0 aliphatic carbocycles. The smallest absolute Gasteiger partial charge is 0.232 e. The van der Waals surface area contributed by atoms with Gasteiger partial charge in [-0.1, -0.05) is 42.5 Å². The zero-order valence-corrected chi connectivity index (χ0v) is 10.4. The van der Waals surface area contributed by atoms with E-state index in [1.165, 1.54) is 0 Å². The van der Waals surface area contributed by atoms with Gasteiger partial charge < -0.3 is 0 Å². The third-order valence-corrected chi connectivity index (χ3v) is 2.93. The summed E-state index contributed by atoms with van der Waals surface area (Å²) in [6.07, 6.45) is 0. The zero-order valence-electron chi connectivity index (χ0n) is 10.4. The summed E-state index contributed by atoms with van der Waals surface area (Å²) in [5.74, 6) is -0.0826. The van der Waals surface area contributed by atoms with Crippen molar-refractivity contribution in [2.45, 2.75) is 6.92 Å². The summed E-state index contributed by atoms with van der Waals surface area (Å²) in [5, 5.41) is 8.03. The van der Waals surface area contributed by atoms with Gasteiger partial charge in [-0.25, -0.2) is 4.98 Å². The van der Waals surface area contributed by atoms with E-state index in [4.69, 9.17) is 0 Å². The van der Waals surface area contributed by atoms with Gasteiger partial charge in [0.05, 0.1) is 5.52 Å². The number of fused-ring (bicyclic) bond motifs is 1. The van der Waals surface area contributed by atoms with Crippen molar-refractivity contribution in [2.24, 2.45) is 0 Å². The van der Waals surface area contributed by atoms with E-state index in [0.717, 1.165) is 11.1 Å². The van der Waals surface area contributed by atoms with E-state index >= 15 is 0 Å². The highest BCUT2D eigenvalue weighted by Crippen LogP contribution is 2.13. The van der Waals surface area contributed by atoms with E-state index < -0.39 is 0 Å². The summed E-state index contributed by atoms with van der Waals surface area (Å²) < 4.78 is 0. The molecule has 19 heavy (non-hydrogen) atoms. The summed E-state index contributed by atoms with van der Waals surface area (Å²) >= 11 is 0. The standard InChI is InChI=1S/C15H11N3O/c1-10-6-5-9-12-13(10)17-18-15(16-12)14(19)11-7-3-2-4-8-11/h2-9H,1H3. The molecule has 0 saturated heterocycles. The fourth-order valence-corrected chi connectivity index (χ4v) is 1.91. The third kappa shape index (κ3) is 2.08. The van der Waals surface area contributed by atoms with E-state index in [-0.39, 0.29) is 11.6 Å². The predicted molar refractivity (Wildman–Crippen MR) is 71.9 cm³/mol. The maximum atomic E-state index is 12.2. The van der Waals surface area contributed by atoms with Crippen LogP contribution in [0.4, 0.5) is 0 Å². The first-order valence-corrected chi connectivity index (χ1v) is 5.95. The Morgan fingerprint density at radius 1 is 0.947 bits per heavy atom. The van der Waals surface area contributed by atoms with Crippen molar-refractivity contribution in [3.63, 3.8) is 0 Å². The maximum Gasteiger partial charge on any atom is 0.232 e. The SMILES string of the molecule is Cc1cccc2nc(C(=O)c3ccccc3)nnc12. The third-order valence-electron chi connectivity index (χ3n) is 2.93. The van der Waals surface area contributed by atoms with Gasteiger partial charge in [-0.2, -0.15) is 0 Å². The van der Waals surface area contributed by atoms with E-state index in [0.29, 0.717) is 11.1 Å². The number of aryl methyl sites for hydroxylation is 1. The molecule has 0 bridgehead atoms. The van der Waals surface area contributed by atoms with Gasteiger partial charge in [-0.3, -0.25) is 4.79 Å². The molecule has 4 heteroatoms. The van der Waals surface area contributed by atoms with Crippen molar-refractivity contribution < 1.29 is 4.79 Å². The van der Waals surface area contributed by atoms with Crippen LogP contribution in [0.5, 0.6) is 0 Å². The first kappa shape index (κ1) is 11.5. The Kier molecular flexibility index (Phi) is 2.76. The number of carbonyl (C=O) groups excluding carboxylic acids is 1. The number of nitrogens with zero attached hydrogens (tertiary/aromatic N) is 3. The Labute approximate surface area is 110 Å². The summed E-state index contributed by atoms with van der Waals surface area (Å²) in [6, 6.07) is 14.6. The molecule has 0 saturated carbocycles. The lowest BCUT2D eigenvalue weighted by Gasteiger charge is -2.02. The van der Waals surface area contributed by atoms with Crippen LogP contribution in [-0.4, -0.2) is 21.0 Å². The average molecular weight is 249 g/mol. The summed E-state index contributed by atoms with van der Waals surface area (Å²) in [4.78, 5) is 16.5. The predicted octanol–water partition coefficient (Wildman–Crippen LogP) is 2.56.